The van der Waals surface area contributed by atoms with E-state index >= 15 is 0 Å². The first kappa shape index (κ1) is 11.7. The van der Waals surface area contributed by atoms with Gasteiger partial charge in [-0.05, 0) is 19.1 Å². The maximum atomic E-state index is 5.86. The molecule has 0 aliphatic rings. The maximum absolute atomic E-state index is 5.86. The molecule has 4 nitrogen and oxygen atoms in total. The molecule has 0 amide bonds. The molecule has 1 heterocycles. The lowest BCUT2D eigenvalue weighted by atomic mass is 10.2. The fourth-order valence-corrected chi connectivity index (χ4v) is 1.50. The van der Waals surface area contributed by atoms with E-state index in [1.165, 1.54) is 13.4 Å². The summed E-state index contributed by atoms with van der Waals surface area (Å²) >= 11 is 5.86. The predicted molar refractivity (Wildman–Crippen MR) is 64.8 cm³/mol. The average molecular weight is 251 g/mol. The van der Waals surface area contributed by atoms with Crippen LogP contribution in [0, 0.1) is 6.92 Å². The van der Waals surface area contributed by atoms with Crippen LogP contribution in [0.5, 0.6) is 17.4 Å². The van der Waals surface area contributed by atoms with Crippen LogP contribution in [0.1, 0.15) is 5.56 Å². The molecular formula is C12H11ClN2O2. The monoisotopic (exact) mass is 250 g/mol. The predicted octanol–water partition coefficient (Wildman–Crippen LogP) is 3.24. The van der Waals surface area contributed by atoms with Crippen LogP contribution in [0.25, 0.3) is 0 Å². The van der Waals surface area contributed by atoms with Gasteiger partial charge < -0.3 is 9.47 Å². The second-order valence-electron chi connectivity index (χ2n) is 3.42. The third kappa shape index (κ3) is 2.65. The molecule has 1 aromatic heterocycles. The van der Waals surface area contributed by atoms with Crippen LogP contribution < -0.4 is 9.47 Å². The minimum atomic E-state index is 0.226. The Morgan fingerprint density at radius 3 is 2.47 bits per heavy atom. The summed E-state index contributed by atoms with van der Waals surface area (Å²) in [6, 6.07) is 7.60. The van der Waals surface area contributed by atoms with Crippen molar-refractivity contribution in [1.29, 1.82) is 0 Å². The zero-order valence-electron chi connectivity index (χ0n) is 9.48. The number of methoxy groups -OCH3 is 1. The smallest absolute Gasteiger partial charge is 0.267 e. The van der Waals surface area contributed by atoms with Gasteiger partial charge in [0.15, 0.2) is 5.15 Å². The van der Waals surface area contributed by atoms with E-state index in [2.05, 4.69) is 9.97 Å². The zero-order valence-corrected chi connectivity index (χ0v) is 10.2. The second kappa shape index (κ2) is 5.01. The van der Waals surface area contributed by atoms with Gasteiger partial charge in [0.1, 0.15) is 12.1 Å². The molecule has 0 spiro atoms. The molecule has 0 saturated carbocycles. The SMILES string of the molecule is COc1c(Cl)ncnc1Oc1ccc(C)cc1. The quantitative estimate of drug-likeness (QED) is 0.785. The lowest BCUT2D eigenvalue weighted by Gasteiger charge is -2.09. The first-order chi connectivity index (χ1) is 8.20. The molecular weight excluding hydrogens is 240 g/mol. The fourth-order valence-electron chi connectivity index (χ4n) is 1.30. The minimum absolute atomic E-state index is 0.226. The molecule has 2 aromatic rings. The molecule has 0 N–H and O–H groups in total. The highest BCUT2D eigenvalue weighted by Crippen LogP contribution is 2.33. The fraction of sp³-hybridized carbons (Fsp3) is 0.167. The lowest BCUT2D eigenvalue weighted by molar-refractivity contribution is 0.367. The average Bonchev–Trinajstić information content (AvgIpc) is 2.32. The van der Waals surface area contributed by atoms with Gasteiger partial charge in [-0.2, -0.15) is 4.98 Å². The number of rotatable bonds is 3. The van der Waals surface area contributed by atoms with Crippen molar-refractivity contribution < 1.29 is 9.47 Å². The number of aromatic nitrogens is 2. The summed E-state index contributed by atoms with van der Waals surface area (Å²) in [6.45, 7) is 2.01. The van der Waals surface area contributed by atoms with Crippen molar-refractivity contribution in [2.24, 2.45) is 0 Å². The van der Waals surface area contributed by atoms with Crippen LogP contribution >= 0.6 is 11.6 Å². The van der Waals surface area contributed by atoms with E-state index in [9.17, 15) is 0 Å². The Morgan fingerprint density at radius 2 is 1.82 bits per heavy atom. The van der Waals surface area contributed by atoms with Gasteiger partial charge in [-0.15, -0.1) is 0 Å². The molecule has 0 unspecified atom stereocenters. The van der Waals surface area contributed by atoms with Gasteiger partial charge in [-0.3, -0.25) is 0 Å². The van der Waals surface area contributed by atoms with E-state index in [-0.39, 0.29) is 5.15 Å². The minimum Gasteiger partial charge on any atom is -0.489 e. The van der Waals surface area contributed by atoms with Crippen LogP contribution in [0.3, 0.4) is 0 Å². The molecule has 0 saturated heterocycles. The van der Waals surface area contributed by atoms with E-state index in [4.69, 9.17) is 21.1 Å². The largest absolute Gasteiger partial charge is 0.489 e. The van der Waals surface area contributed by atoms with Crippen molar-refractivity contribution in [2.45, 2.75) is 6.92 Å². The van der Waals surface area contributed by atoms with E-state index in [0.717, 1.165) is 5.56 Å². The third-order valence-corrected chi connectivity index (χ3v) is 2.44. The Morgan fingerprint density at radius 1 is 1.12 bits per heavy atom. The van der Waals surface area contributed by atoms with Gasteiger partial charge in [-0.1, -0.05) is 29.3 Å². The molecule has 0 aliphatic carbocycles. The first-order valence-electron chi connectivity index (χ1n) is 4.99. The zero-order chi connectivity index (χ0) is 12.3. The van der Waals surface area contributed by atoms with Crippen molar-refractivity contribution in [3.63, 3.8) is 0 Å². The van der Waals surface area contributed by atoms with Crippen molar-refractivity contribution in [2.75, 3.05) is 7.11 Å². The summed E-state index contributed by atoms with van der Waals surface area (Å²) in [6.07, 6.45) is 1.33. The van der Waals surface area contributed by atoms with Crippen molar-refractivity contribution in [1.82, 2.24) is 9.97 Å². The summed E-state index contributed by atoms with van der Waals surface area (Å²) in [5.74, 6) is 1.30. The van der Waals surface area contributed by atoms with E-state index in [1.54, 1.807) is 0 Å². The number of hydrogen-bond acceptors (Lipinski definition) is 4. The summed E-state index contributed by atoms with van der Waals surface area (Å²) in [5, 5.41) is 0.226. The molecule has 1 aromatic carbocycles. The number of hydrogen-bond donors (Lipinski definition) is 0. The number of benzene rings is 1. The summed E-state index contributed by atoms with van der Waals surface area (Å²) in [7, 11) is 1.49. The number of nitrogens with zero attached hydrogens (tertiary/aromatic N) is 2. The normalized spacial score (nSPS) is 10.1. The summed E-state index contributed by atoms with van der Waals surface area (Å²) < 4.78 is 10.7. The Labute approximate surface area is 104 Å². The molecule has 2 rings (SSSR count). The molecule has 17 heavy (non-hydrogen) atoms. The van der Waals surface area contributed by atoms with Crippen LogP contribution in [-0.2, 0) is 0 Å². The van der Waals surface area contributed by atoms with E-state index in [1.807, 2.05) is 31.2 Å². The molecule has 5 heteroatoms. The summed E-state index contributed by atoms with van der Waals surface area (Å²) in [4.78, 5) is 7.80. The standard InChI is InChI=1S/C12H11ClN2O2/c1-8-3-5-9(6-4-8)17-12-10(16-2)11(13)14-7-15-12/h3-7H,1-2H3. The maximum Gasteiger partial charge on any atom is 0.267 e. The second-order valence-corrected chi connectivity index (χ2v) is 3.78. The summed E-state index contributed by atoms with van der Waals surface area (Å²) in [5.41, 5.74) is 1.16. The van der Waals surface area contributed by atoms with Gasteiger partial charge >= 0.3 is 0 Å². The Hall–Kier alpha value is -1.81. The third-order valence-electron chi connectivity index (χ3n) is 2.17. The highest BCUT2D eigenvalue weighted by molar-refractivity contribution is 6.31. The lowest BCUT2D eigenvalue weighted by Crippen LogP contribution is -1.95. The van der Waals surface area contributed by atoms with E-state index in [0.29, 0.717) is 17.4 Å². The first-order valence-corrected chi connectivity index (χ1v) is 5.37. The van der Waals surface area contributed by atoms with Crippen LogP contribution in [-0.4, -0.2) is 17.1 Å². The Bertz CT molecular complexity index is 514. The van der Waals surface area contributed by atoms with Gasteiger partial charge in [-0.25, -0.2) is 4.98 Å². The van der Waals surface area contributed by atoms with Crippen molar-refractivity contribution in [3.05, 3.63) is 41.3 Å². The molecule has 0 atom stereocenters. The molecule has 0 bridgehead atoms. The highest BCUT2D eigenvalue weighted by atomic mass is 35.5. The highest BCUT2D eigenvalue weighted by Gasteiger charge is 2.12. The Kier molecular flexibility index (Phi) is 3.44. The Balaban J connectivity index is 2.29. The topological polar surface area (TPSA) is 44.2 Å². The van der Waals surface area contributed by atoms with E-state index < -0.39 is 0 Å². The number of ether oxygens (including phenoxy) is 2. The van der Waals surface area contributed by atoms with Gasteiger partial charge in [0.05, 0.1) is 7.11 Å². The van der Waals surface area contributed by atoms with Crippen LogP contribution in [0.4, 0.5) is 0 Å². The van der Waals surface area contributed by atoms with Crippen molar-refractivity contribution >= 4 is 11.6 Å². The molecule has 0 fully saturated rings. The molecule has 88 valence electrons. The molecule has 0 aliphatic heterocycles. The van der Waals surface area contributed by atoms with Crippen LogP contribution in [0.2, 0.25) is 5.15 Å². The number of aryl methyl sites for hydroxylation is 1. The molecule has 0 radical (unpaired) electrons. The number of halogens is 1. The van der Waals surface area contributed by atoms with Crippen molar-refractivity contribution in [3.8, 4) is 17.4 Å². The van der Waals surface area contributed by atoms with Gasteiger partial charge in [0.25, 0.3) is 5.88 Å². The van der Waals surface area contributed by atoms with Gasteiger partial charge in [0.2, 0.25) is 5.75 Å². The van der Waals surface area contributed by atoms with Crippen LogP contribution in [0.15, 0.2) is 30.6 Å². The van der Waals surface area contributed by atoms with Gasteiger partial charge in [0, 0.05) is 0 Å².